The van der Waals surface area contributed by atoms with Crippen LogP contribution in [0.2, 0.25) is 0 Å². The summed E-state index contributed by atoms with van der Waals surface area (Å²) >= 11 is 0. The SMILES string of the molecule is CC(=O)Nc1ccc(C(=O)N2CCC(Cn3c(C(F)(F)F)nc4ccccc43)CC2)cc1. The number of alkyl halides is 3. The molecule has 1 N–H and O–H groups in total. The monoisotopic (exact) mass is 444 g/mol. The van der Waals surface area contributed by atoms with Crippen molar-refractivity contribution in [2.45, 2.75) is 32.5 Å². The van der Waals surface area contributed by atoms with E-state index in [0.29, 0.717) is 48.2 Å². The molecule has 1 aliphatic rings. The molecule has 4 rings (SSSR count). The number of carbonyl (C=O) groups is 2. The van der Waals surface area contributed by atoms with Gasteiger partial charge in [-0.2, -0.15) is 13.2 Å². The Bertz CT molecular complexity index is 1130. The Kier molecular flexibility index (Phi) is 5.90. The van der Waals surface area contributed by atoms with Gasteiger partial charge in [-0.15, -0.1) is 0 Å². The maximum Gasteiger partial charge on any atom is 0.449 e. The first kappa shape index (κ1) is 21.9. The maximum absolute atomic E-state index is 13.5. The minimum Gasteiger partial charge on any atom is -0.339 e. The Morgan fingerprint density at radius 3 is 2.34 bits per heavy atom. The smallest absolute Gasteiger partial charge is 0.339 e. The van der Waals surface area contributed by atoms with Crippen LogP contribution in [0.1, 0.15) is 35.9 Å². The van der Waals surface area contributed by atoms with Gasteiger partial charge in [-0.1, -0.05) is 12.1 Å². The first-order valence-electron chi connectivity index (χ1n) is 10.4. The van der Waals surface area contributed by atoms with Gasteiger partial charge < -0.3 is 14.8 Å². The number of aromatic nitrogens is 2. The van der Waals surface area contributed by atoms with Crippen molar-refractivity contribution >= 4 is 28.5 Å². The van der Waals surface area contributed by atoms with Crippen molar-refractivity contribution in [1.29, 1.82) is 0 Å². The number of nitrogens with one attached hydrogen (secondary N) is 1. The summed E-state index contributed by atoms with van der Waals surface area (Å²) in [5.41, 5.74) is 1.92. The first-order valence-corrected chi connectivity index (χ1v) is 10.4. The van der Waals surface area contributed by atoms with E-state index in [1.54, 1.807) is 53.4 Å². The zero-order chi connectivity index (χ0) is 22.9. The standard InChI is InChI=1S/C23H23F3N4O2/c1-15(31)27-18-8-6-17(7-9-18)21(32)29-12-10-16(11-13-29)14-30-20-5-3-2-4-19(20)28-22(30)23(24,25)26/h2-9,16H,10-14H2,1H3,(H,27,31). The van der Waals surface area contributed by atoms with Gasteiger partial charge in [0.15, 0.2) is 0 Å². The highest BCUT2D eigenvalue weighted by Crippen LogP contribution is 2.33. The fourth-order valence-electron chi connectivity index (χ4n) is 4.14. The van der Waals surface area contributed by atoms with Gasteiger partial charge in [0.2, 0.25) is 11.7 Å². The van der Waals surface area contributed by atoms with Crippen molar-refractivity contribution in [1.82, 2.24) is 14.5 Å². The number of fused-ring (bicyclic) bond motifs is 1. The number of piperidine rings is 1. The number of carbonyl (C=O) groups excluding carboxylic acids is 2. The summed E-state index contributed by atoms with van der Waals surface area (Å²) in [7, 11) is 0. The van der Waals surface area contributed by atoms with Crippen LogP contribution in [-0.2, 0) is 17.5 Å². The van der Waals surface area contributed by atoms with Crippen LogP contribution in [0, 0.1) is 5.92 Å². The normalized spacial score (nSPS) is 15.2. The number of benzene rings is 2. The Labute approximate surface area is 183 Å². The zero-order valence-corrected chi connectivity index (χ0v) is 17.5. The van der Waals surface area contributed by atoms with E-state index in [4.69, 9.17) is 0 Å². The van der Waals surface area contributed by atoms with Crippen LogP contribution in [0.25, 0.3) is 11.0 Å². The van der Waals surface area contributed by atoms with Crippen molar-refractivity contribution in [3.63, 3.8) is 0 Å². The molecule has 6 nitrogen and oxygen atoms in total. The highest BCUT2D eigenvalue weighted by atomic mass is 19.4. The fourth-order valence-corrected chi connectivity index (χ4v) is 4.14. The number of hydrogen-bond acceptors (Lipinski definition) is 3. The predicted octanol–water partition coefficient (Wildman–Crippen LogP) is 4.57. The van der Waals surface area contributed by atoms with Crippen LogP contribution in [0.15, 0.2) is 48.5 Å². The number of para-hydroxylation sites is 2. The lowest BCUT2D eigenvalue weighted by molar-refractivity contribution is -0.147. The average molecular weight is 444 g/mol. The lowest BCUT2D eigenvalue weighted by atomic mass is 9.96. The van der Waals surface area contributed by atoms with Gasteiger partial charge in [-0.3, -0.25) is 9.59 Å². The molecule has 0 saturated carbocycles. The van der Waals surface area contributed by atoms with Crippen LogP contribution in [-0.4, -0.2) is 39.4 Å². The number of halogens is 3. The quantitative estimate of drug-likeness (QED) is 0.641. The Morgan fingerprint density at radius 2 is 1.72 bits per heavy atom. The Balaban J connectivity index is 1.42. The minimum absolute atomic E-state index is 0.0138. The summed E-state index contributed by atoms with van der Waals surface area (Å²) in [6.45, 7) is 2.58. The van der Waals surface area contributed by atoms with E-state index in [1.807, 2.05) is 0 Å². The zero-order valence-electron chi connectivity index (χ0n) is 17.5. The van der Waals surface area contributed by atoms with Gasteiger partial charge in [-0.25, -0.2) is 4.98 Å². The van der Waals surface area contributed by atoms with E-state index in [9.17, 15) is 22.8 Å². The van der Waals surface area contributed by atoms with E-state index in [-0.39, 0.29) is 24.3 Å². The summed E-state index contributed by atoms with van der Waals surface area (Å²) in [6, 6.07) is 13.3. The number of imidazole rings is 1. The van der Waals surface area contributed by atoms with Gasteiger partial charge in [0.25, 0.3) is 5.91 Å². The van der Waals surface area contributed by atoms with Crippen LogP contribution < -0.4 is 5.32 Å². The number of nitrogens with zero attached hydrogens (tertiary/aromatic N) is 3. The number of anilines is 1. The lowest BCUT2D eigenvalue weighted by Crippen LogP contribution is -2.39. The van der Waals surface area contributed by atoms with Gasteiger partial charge >= 0.3 is 6.18 Å². The molecule has 3 aromatic rings. The van der Waals surface area contributed by atoms with E-state index in [2.05, 4.69) is 10.3 Å². The molecule has 1 aromatic heterocycles. The topological polar surface area (TPSA) is 67.2 Å². The highest BCUT2D eigenvalue weighted by Gasteiger charge is 2.38. The molecule has 1 saturated heterocycles. The molecule has 0 aliphatic carbocycles. The van der Waals surface area contributed by atoms with Crippen molar-refractivity contribution < 1.29 is 22.8 Å². The molecule has 0 unspecified atom stereocenters. The molecular weight excluding hydrogens is 421 g/mol. The van der Waals surface area contributed by atoms with Crippen LogP contribution in [0.4, 0.5) is 18.9 Å². The molecule has 2 heterocycles. The molecule has 9 heteroatoms. The summed E-state index contributed by atoms with van der Waals surface area (Å²) in [6.07, 6.45) is -3.31. The van der Waals surface area contributed by atoms with Crippen molar-refractivity contribution in [3.05, 3.63) is 59.9 Å². The molecule has 2 amide bonds. The molecule has 0 bridgehead atoms. The fraction of sp³-hybridized carbons (Fsp3) is 0.348. The molecule has 1 fully saturated rings. The molecular formula is C23H23F3N4O2. The predicted molar refractivity (Wildman–Crippen MR) is 114 cm³/mol. The number of rotatable bonds is 4. The molecule has 2 aromatic carbocycles. The highest BCUT2D eigenvalue weighted by molar-refractivity contribution is 5.95. The molecule has 0 spiro atoms. The van der Waals surface area contributed by atoms with Gasteiger partial charge in [-0.05, 0) is 55.2 Å². The maximum atomic E-state index is 13.5. The second-order valence-corrected chi connectivity index (χ2v) is 8.03. The number of likely N-dealkylation sites (tertiary alicyclic amines) is 1. The molecule has 32 heavy (non-hydrogen) atoms. The van der Waals surface area contributed by atoms with Crippen molar-refractivity contribution in [3.8, 4) is 0 Å². The molecule has 168 valence electrons. The largest absolute Gasteiger partial charge is 0.449 e. The average Bonchev–Trinajstić information content (AvgIpc) is 3.13. The summed E-state index contributed by atoms with van der Waals surface area (Å²) < 4.78 is 41.9. The third-order valence-corrected chi connectivity index (χ3v) is 5.70. The Morgan fingerprint density at radius 1 is 1.06 bits per heavy atom. The molecule has 0 atom stereocenters. The lowest BCUT2D eigenvalue weighted by Gasteiger charge is -2.32. The van der Waals surface area contributed by atoms with Crippen LogP contribution in [0.3, 0.4) is 0 Å². The van der Waals surface area contributed by atoms with Gasteiger partial charge in [0.05, 0.1) is 11.0 Å². The second kappa shape index (κ2) is 8.64. The van der Waals surface area contributed by atoms with Crippen molar-refractivity contribution in [2.75, 3.05) is 18.4 Å². The van der Waals surface area contributed by atoms with Crippen LogP contribution in [0.5, 0.6) is 0 Å². The number of amides is 2. The van der Waals surface area contributed by atoms with Crippen LogP contribution >= 0.6 is 0 Å². The third-order valence-electron chi connectivity index (χ3n) is 5.70. The van der Waals surface area contributed by atoms with Gasteiger partial charge in [0, 0.05) is 37.8 Å². The summed E-state index contributed by atoms with van der Waals surface area (Å²) in [4.78, 5) is 29.4. The van der Waals surface area contributed by atoms with E-state index in [0.717, 1.165) is 0 Å². The van der Waals surface area contributed by atoms with E-state index >= 15 is 0 Å². The van der Waals surface area contributed by atoms with E-state index < -0.39 is 12.0 Å². The third kappa shape index (κ3) is 4.61. The Hall–Kier alpha value is -3.36. The first-order chi connectivity index (χ1) is 15.2. The molecule has 1 aliphatic heterocycles. The van der Waals surface area contributed by atoms with Gasteiger partial charge in [0.1, 0.15) is 0 Å². The summed E-state index contributed by atoms with van der Waals surface area (Å²) in [5.74, 6) is -1.18. The molecule has 0 radical (unpaired) electrons. The minimum atomic E-state index is -4.53. The van der Waals surface area contributed by atoms with E-state index in [1.165, 1.54) is 11.5 Å². The summed E-state index contributed by atoms with van der Waals surface area (Å²) in [5, 5.41) is 2.65. The van der Waals surface area contributed by atoms with Crippen molar-refractivity contribution in [2.24, 2.45) is 5.92 Å². The number of hydrogen-bond donors (Lipinski definition) is 1. The second-order valence-electron chi connectivity index (χ2n) is 8.03.